The summed E-state index contributed by atoms with van der Waals surface area (Å²) < 4.78 is 6.94. The van der Waals surface area contributed by atoms with Crippen molar-refractivity contribution >= 4 is 23.0 Å². The number of anilines is 3. The van der Waals surface area contributed by atoms with Gasteiger partial charge in [-0.15, -0.1) is 0 Å². The third-order valence-corrected chi connectivity index (χ3v) is 4.11. The highest BCUT2D eigenvalue weighted by Gasteiger charge is 2.25. The average Bonchev–Trinajstić information content (AvgIpc) is 2.73. The second-order valence-corrected chi connectivity index (χ2v) is 5.63. The van der Waals surface area contributed by atoms with Gasteiger partial charge in [-0.1, -0.05) is 12.1 Å². The van der Waals surface area contributed by atoms with Gasteiger partial charge in [0.05, 0.1) is 23.1 Å². The number of fused-ring (bicyclic) bond motifs is 2. The predicted molar refractivity (Wildman–Crippen MR) is 85.0 cm³/mol. The molecule has 1 saturated heterocycles. The van der Waals surface area contributed by atoms with Crippen LogP contribution >= 0.6 is 0 Å². The van der Waals surface area contributed by atoms with Gasteiger partial charge in [-0.3, -0.25) is 9.59 Å². The number of benzene rings is 1. The lowest BCUT2D eigenvalue weighted by Gasteiger charge is -2.24. The molecule has 3 heterocycles. The largest absolute Gasteiger partial charge is 0.356 e. The Hall–Kier alpha value is -2.67. The predicted octanol–water partition coefficient (Wildman–Crippen LogP) is 2.25. The van der Waals surface area contributed by atoms with E-state index in [-0.39, 0.29) is 23.4 Å². The first-order chi connectivity index (χ1) is 11.2. The van der Waals surface area contributed by atoms with Crippen molar-refractivity contribution in [2.45, 2.75) is 25.5 Å². The summed E-state index contributed by atoms with van der Waals surface area (Å²) in [7, 11) is 0. The van der Waals surface area contributed by atoms with Crippen LogP contribution in [0.5, 0.6) is 0 Å². The molecule has 2 aromatic rings. The van der Waals surface area contributed by atoms with Crippen molar-refractivity contribution in [3.8, 4) is 0 Å². The van der Waals surface area contributed by atoms with E-state index in [0.717, 1.165) is 19.3 Å². The second kappa shape index (κ2) is 5.51. The van der Waals surface area contributed by atoms with E-state index in [2.05, 4.69) is 15.7 Å². The maximum atomic E-state index is 12.7. The van der Waals surface area contributed by atoms with Crippen LogP contribution in [0.1, 0.15) is 35.8 Å². The maximum absolute atomic E-state index is 12.7. The molecule has 7 nitrogen and oxygen atoms in total. The summed E-state index contributed by atoms with van der Waals surface area (Å²) in [6.07, 6.45) is 3.91. The molecule has 0 saturated carbocycles. The lowest BCUT2D eigenvalue weighted by atomic mass is 10.1. The number of carbonyl (C=O) groups excluding carboxylic acids is 1. The van der Waals surface area contributed by atoms with Gasteiger partial charge in [0.25, 0.3) is 11.5 Å². The molecule has 0 spiro atoms. The van der Waals surface area contributed by atoms with Crippen molar-refractivity contribution in [3.63, 3.8) is 0 Å². The molecule has 2 aliphatic rings. The number of nitrogens with one attached hydrogen (secondary N) is 2. The zero-order valence-electron chi connectivity index (χ0n) is 12.4. The highest BCUT2D eigenvalue weighted by atomic mass is 16.5. The van der Waals surface area contributed by atoms with Gasteiger partial charge >= 0.3 is 0 Å². The number of ether oxygens (including phenoxy) is 1. The summed E-state index contributed by atoms with van der Waals surface area (Å²) in [5.41, 5.74) is 1.47. The minimum atomic E-state index is -0.371. The maximum Gasteiger partial charge on any atom is 0.295 e. The lowest BCUT2D eigenvalue weighted by molar-refractivity contribution is -0.0422. The average molecular weight is 312 g/mol. The van der Waals surface area contributed by atoms with E-state index >= 15 is 0 Å². The molecule has 23 heavy (non-hydrogen) atoms. The van der Waals surface area contributed by atoms with Crippen LogP contribution in [0.3, 0.4) is 0 Å². The van der Waals surface area contributed by atoms with Gasteiger partial charge in [0.1, 0.15) is 5.69 Å². The Morgan fingerprint density at radius 2 is 2.00 bits per heavy atom. The van der Waals surface area contributed by atoms with Crippen molar-refractivity contribution < 1.29 is 9.53 Å². The Bertz CT molecular complexity index is 824. The molecule has 2 N–H and O–H groups in total. The van der Waals surface area contributed by atoms with Crippen molar-refractivity contribution in [1.82, 2.24) is 9.78 Å². The summed E-state index contributed by atoms with van der Waals surface area (Å²) in [6, 6.07) is 7.11. The summed E-state index contributed by atoms with van der Waals surface area (Å²) >= 11 is 0. The first-order valence-electron chi connectivity index (χ1n) is 7.65. The molecule has 1 fully saturated rings. The van der Waals surface area contributed by atoms with Crippen LogP contribution in [-0.2, 0) is 4.74 Å². The molecule has 1 atom stereocenters. The van der Waals surface area contributed by atoms with Gasteiger partial charge in [0, 0.05) is 6.61 Å². The third kappa shape index (κ3) is 2.39. The summed E-state index contributed by atoms with van der Waals surface area (Å²) in [5, 5.41) is 10.0. The van der Waals surface area contributed by atoms with Gasteiger partial charge in [-0.25, -0.2) is 0 Å². The lowest BCUT2D eigenvalue weighted by Crippen LogP contribution is -2.33. The van der Waals surface area contributed by atoms with E-state index in [4.69, 9.17) is 4.74 Å². The fraction of sp³-hybridized carbons (Fsp3) is 0.312. The number of amides is 1. The quantitative estimate of drug-likeness (QED) is 0.843. The van der Waals surface area contributed by atoms with Gasteiger partial charge in [0.15, 0.2) is 6.23 Å². The molecule has 1 aromatic carbocycles. The molecule has 1 unspecified atom stereocenters. The fourth-order valence-corrected chi connectivity index (χ4v) is 2.92. The monoisotopic (exact) mass is 312 g/mol. The molecular weight excluding hydrogens is 296 g/mol. The fourth-order valence-electron chi connectivity index (χ4n) is 2.92. The molecule has 0 bridgehead atoms. The van der Waals surface area contributed by atoms with E-state index in [1.807, 2.05) is 6.07 Å². The standard InChI is InChI=1S/C16H16N4O3/c21-15-10-5-1-2-6-11(10)18-12-9-17-20(16(22)14(12)19-15)13-7-3-4-8-23-13/h1-2,5-6,9,13,18H,3-4,7-8H2,(H,19,21). The minimum Gasteiger partial charge on any atom is -0.356 e. The highest BCUT2D eigenvalue weighted by Crippen LogP contribution is 2.29. The topological polar surface area (TPSA) is 85.2 Å². The second-order valence-electron chi connectivity index (χ2n) is 5.63. The third-order valence-electron chi connectivity index (χ3n) is 4.11. The first kappa shape index (κ1) is 14.0. The van der Waals surface area contributed by atoms with E-state index in [9.17, 15) is 9.59 Å². The molecule has 118 valence electrons. The number of nitrogens with zero attached hydrogens (tertiary/aromatic N) is 2. The number of rotatable bonds is 1. The zero-order chi connectivity index (χ0) is 15.8. The molecule has 4 rings (SSSR count). The smallest absolute Gasteiger partial charge is 0.295 e. The molecule has 1 aromatic heterocycles. The number of aromatic nitrogens is 2. The Balaban J connectivity index is 1.78. The summed E-state index contributed by atoms with van der Waals surface area (Å²) in [4.78, 5) is 25.1. The van der Waals surface area contributed by atoms with Crippen LogP contribution in [0.15, 0.2) is 35.3 Å². The minimum absolute atomic E-state index is 0.204. The van der Waals surface area contributed by atoms with E-state index in [1.165, 1.54) is 4.68 Å². The van der Waals surface area contributed by atoms with Gasteiger partial charge in [0.2, 0.25) is 0 Å². The van der Waals surface area contributed by atoms with Gasteiger partial charge < -0.3 is 15.4 Å². The Morgan fingerprint density at radius 3 is 2.83 bits per heavy atom. The molecular formula is C16H16N4O3. The normalized spacial score (nSPS) is 19.8. The Morgan fingerprint density at radius 1 is 1.13 bits per heavy atom. The van der Waals surface area contributed by atoms with Crippen LogP contribution in [0.4, 0.5) is 17.1 Å². The highest BCUT2D eigenvalue weighted by molar-refractivity contribution is 6.11. The summed E-state index contributed by atoms with van der Waals surface area (Å²) in [5.74, 6) is -0.314. The van der Waals surface area contributed by atoms with E-state index in [0.29, 0.717) is 23.5 Å². The molecule has 1 amide bonds. The zero-order valence-corrected chi connectivity index (χ0v) is 12.4. The van der Waals surface area contributed by atoms with E-state index < -0.39 is 0 Å². The Labute approximate surface area is 132 Å². The van der Waals surface area contributed by atoms with Gasteiger partial charge in [-0.2, -0.15) is 9.78 Å². The molecule has 0 radical (unpaired) electrons. The van der Waals surface area contributed by atoms with Crippen LogP contribution in [0.2, 0.25) is 0 Å². The van der Waals surface area contributed by atoms with E-state index in [1.54, 1.807) is 24.4 Å². The van der Waals surface area contributed by atoms with Crippen LogP contribution in [0.25, 0.3) is 0 Å². The Kier molecular flexibility index (Phi) is 3.34. The number of hydrogen-bond acceptors (Lipinski definition) is 5. The summed E-state index contributed by atoms with van der Waals surface area (Å²) in [6.45, 7) is 0.617. The molecule has 0 aliphatic carbocycles. The van der Waals surface area contributed by atoms with Gasteiger partial charge in [-0.05, 0) is 31.4 Å². The van der Waals surface area contributed by atoms with Crippen LogP contribution in [-0.4, -0.2) is 22.3 Å². The molecule has 7 heteroatoms. The van der Waals surface area contributed by atoms with Crippen LogP contribution < -0.4 is 16.2 Å². The van der Waals surface area contributed by atoms with Crippen molar-refractivity contribution in [2.24, 2.45) is 0 Å². The van der Waals surface area contributed by atoms with Crippen LogP contribution in [0, 0.1) is 0 Å². The number of para-hydroxylation sites is 1. The van der Waals surface area contributed by atoms with Crippen molar-refractivity contribution in [1.29, 1.82) is 0 Å². The number of hydrogen-bond donors (Lipinski definition) is 2. The van der Waals surface area contributed by atoms with Crippen molar-refractivity contribution in [3.05, 3.63) is 46.4 Å². The number of carbonyl (C=O) groups is 1. The first-order valence-corrected chi connectivity index (χ1v) is 7.65. The molecule has 2 aliphatic heterocycles. The SMILES string of the molecule is O=C1Nc2c(cnn(C3CCCCO3)c2=O)Nc2ccccc21. The van der Waals surface area contributed by atoms with Crippen molar-refractivity contribution in [2.75, 3.05) is 17.2 Å².